The summed E-state index contributed by atoms with van der Waals surface area (Å²) in [7, 11) is 3.98. The highest BCUT2D eigenvalue weighted by Gasteiger charge is 2.13. The quantitative estimate of drug-likeness (QED) is 0.640. The fourth-order valence-corrected chi connectivity index (χ4v) is 2.52. The summed E-state index contributed by atoms with van der Waals surface area (Å²) in [6.45, 7) is 0. The van der Waals surface area contributed by atoms with Gasteiger partial charge < -0.3 is 4.90 Å². The normalized spacial score (nSPS) is 12.2. The Labute approximate surface area is 133 Å². The van der Waals surface area contributed by atoms with Crippen molar-refractivity contribution in [1.29, 1.82) is 0 Å². The largest absolute Gasteiger partial charge is 0.378 e. The van der Waals surface area contributed by atoms with Crippen molar-refractivity contribution >= 4 is 21.6 Å². The Morgan fingerprint density at radius 2 is 1.86 bits per heavy atom. The molecule has 5 heteroatoms. The number of halogens is 2. The molecule has 0 fully saturated rings. The molecule has 2 aromatic carbocycles. The van der Waals surface area contributed by atoms with Crippen LogP contribution in [0.15, 0.2) is 46.9 Å². The Kier molecular flexibility index (Phi) is 5.33. The van der Waals surface area contributed by atoms with E-state index >= 15 is 0 Å². The zero-order valence-corrected chi connectivity index (χ0v) is 13.7. The van der Waals surface area contributed by atoms with Gasteiger partial charge in [-0.05, 0) is 41.8 Å². The zero-order valence-electron chi connectivity index (χ0n) is 12.1. The molecule has 0 heterocycles. The van der Waals surface area contributed by atoms with E-state index in [9.17, 15) is 4.39 Å². The molecule has 0 bridgehead atoms. The predicted molar refractivity (Wildman–Crippen MR) is 88.6 cm³/mol. The molecule has 0 spiro atoms. The zero-order chi connectivity index (χ0) is 15.4. The van der Waals surface area contributed by atoms with Crippen LogP contribution in [-0.2, 0) is 6.42 Å². The number of nitrogens with one attached hydrogen (secondary N) is 1. The molecule has 21 heavy (non-hydrogen) atoms. The summed E-state index contributed by atoms with van der Waals surface area (Å²) in [4.78, 5) is 2.03. The molecule has 2 aromatic rings. The number of nitrogens with zero attached hydrogens (tertiary/aromatic N) is 1. The van der Waals surface area contributed by atoms with Crippen LogP contribution in [0.1, 0.15) is 17.2 Å². The fraction of sp³-hybridized carbons (Fsp3) is 0.250. The van der Waals surface area contributed by atoms with E-state index in [0.29, 0.717) is 12.0 Å². The van der Waals surface area contributed by atoms with Crippen molar-refractivity contribution < 1.29 is 4.39 Å². The Bertz CT molecular complexity index is 599. The maximum atomic E-state index is 13.9. The Balaban J connectivity index is 2.19. The average molecular weight is 352 g/mol. The number of nitrogens with two attached hydrogens (primary N) is 1. The third-order valence-corrected chi connectivity index (χ3v) is 3.95. The van der Waals surface area contributed by atoms with Crippen molar-refractivity contribution in [1.82, 2.24) is 5.43 Å². The van der Waals surface area contributed by atoms with Crippen molar-refractivity contribution in [3.8, 4) is 0 Å². The van der Waals surface area contributed by atoms with E-state index in [1.165, 1.54) is 6.07 Å². The first-order valence-corrected chi connectivity index (χ1v) is 7.48. The number of rotatable bonds is 5. The maximum Gasteiger partial charge on any atom is 0.127 e. The predicted octanol–water partition coefficient (Wildman–Crippen LogP) is 3.40. The first-order valence-electron chi connectivity index (χ1n) is 6.68. The number of hydrazine groups is 1. The molecule has 0 saturated heterocycles. The minimum Gasteiger partial charge on any atom is -0.378 e. The van der Waals surface area contributed by atoms with E-state index in [4.69, 9.17) is 5.84 Å². The van der Waals surface area contributed by atoms with Gasteiger partial charge in [0.25, 0.3) is 0 Å². The van der Waals surface area contributed by atoms with E-state index < -0.39 is 0 Å². The van der Waals surface area contributed by atoms with Gasteiger partial charge in [-0.25, -0.2) is 4.39 Å². The fourth-order valence-electron chi connectivity index (χ4n) is 2.18. The molecule has 2 rings (SSSR count). The van der Waals surface area contributed by atoms with E-state index in [-0.39, 0.29) is 11.9 Å². The number of anilines is 1. The van der Waals surface area contributed by atoms with Crippen molar-refractivity contribution in [2.45, 2.75) is 12.5 Å². The molecule has 3 N–H and O–H groups in total. The van der Waals surface area contributed by atoms with Gasteiger partial charge in [0.05, 0.1) is 6.04 Å². The molecule has 0 aromatic heterocycles. The summed E-state index contributed by atoms with van der Waals surface area (Å²) in [5, 5.41) is 0. The molecule has 0 aliphatic rings. The molecule has 0 radical (unpaired) electrons. The summed E-state index contributed by atoms with van der Waals surface area (Å²) in [6.07, 6.45) is 0.497. The van der Waals surface area contributed by atoms with Crippen LogP contribution in [0.2, 0.25) is 0 Å². The second kappa shape index (κ2) is 7.02. The van der Waals surface area contributed by atoms with Gasteiger partial charge in [-0.1, -0.05) is 34.1 Å². The minimum atomic E-state index is -0.227. The average Bonchev–Trinajstić information content (AvgIpc) is 2.47. The molecule has 0 saturated carbocycles. The molecular formula is C16H19BrFN3. The van der Waals surface area contributed by atoms with Crippen LogP contribution in [0.5, 0.6) is 0 Å². The number of benzene rings is 2. The van der Waals surface area contributed by atoms with Crippen molar-refractivity contribution in [2.24, 2.45) is 5.84 Å². The molecule has 1 atom stereocenters. The lowest BCUT2D eigenvalue weighted by Crippen LogP contribution is -2.29. The van der Waals surface area contributed by atoms with E-state index in [0.717, 1.165) is 15.7 Å². The third-order valence-electron chi connectivity index (χ3n) is 3.45. The van der Waals surface area contributed by atoms with Gasteiger partial charge in [-0.15, -0.1) is 0 Å². The second-order valence-corrected chi connectivity index (χ2v) is 6.06. The SMILES string of the molecule is CN(C)c1ccc(C(Cc2ccc(Br)cc2F)NN)cc1. The highest BCUT2D eigenvalue weighted by Crippen LogP contribution is 2.23. The van der Waals surface area contributed by atoms with Crippen LogP contribution < -0.4 is 16.2 Å². The van der Waals surface area contributed by atoms with Gasteiger partial charge in [-0.2, -0.15) is 0 Å². The lowest BCUT2D eigenvalue weighted by Gasteiger charge is -2.19. The molecule has 0 aliphatic heterocycles. The summed E-state index contributed by atoms with van der Waals surface area (Å²) >= 11 is 3.26. The van der Waals surface area contributed by atoms with E-state index in [2.05, 4.69) is 21.4 Å². The van der Waals surface area contributed by atoms with Crippen molar-refractivity contribution in [3.63, 3.8) is 0 Å². The molecule has 0 amide bonds. The van der Waals surface area contributed by atoms with Gasteiger partial charge in [0.15, 0.2) is 0 Å². The van der Waals surface area contributed by atoms with Gasteiger partial charge in [0, 0.05) is 24.3 Å². The first-order chi connectivity index (χ1) is 10.0. The van der Waals surface area contributed by atoms with Gasteiger partial charge in [0.1, 0.15) is 5.82 Å². The number of hydrogen-bond acceptors (Lipinski definition) is 3. The Morgan fingerprint density at radius 1 is 1.19 bits per heavy atom. The highest BCUT2D eigenvalue weighted by molar-refractivity contribution is 9.10. The molecule has 3 nitrogen and oxygen atoms in total. The van der Waals surface area contributed by atoms with Gasteiger partial charge in [-0.3, -0.25) is 11.3 Å². The van der Waals surface area contributed by atoms with Gasteiger partial charge in [0.2, 0.25) is 0 Å². The van der Waals surface area contributed by atoms with Gasteiger partial charge >= 0.3 is 0 Å². The number of hydrogen-bond donors (Lipinski definition) is 2. The van der Waals surface area contributed by atoms with E-state index in [1.54, 1.807) is 6.07 Å². The van der Waals surface area contributed by atoms with Crippen LogP contribution in [0.4, 0.5) is 10.1 Å². The van der Waals surface area contributed by atoms with Crippen LogP contribution in [0.3, 0.4) is 0 Å². The topological polar surface area (TPSA) is 41.3 Å². The summed E-state index contributed by atoms with van der Waals surface area (Å²) < 4.78 is 14.7. The second-order valence-electron chi connectivity index (χ2n) is 5.15. The maximum absolute atomic E-state index is 13.9. The summed E-state index contributed by atoms with van der Waals surface area (Å²) in [5.41, 5.74) is 5.55. The molecule has 0 aliphatic carbocycles. The van der Waals surface area contributed by atoms with Crippen molar-refractivity contribution in [2.75, 3.05) is 19.0 Å². The Hall–Kier alpha value is -1.43. The molecule has 112 valence electrons. The van der Waals surface area contributed by atoms with Crippen LogP contribution in [0.25, 0.3) is 0 Å². The summed E-state index contributed by atoms with van der Waals surface area (Å²) in [6, 6.07) is 13.0. The molecule has 1 unspecified atom stereocenters. The third kappa shape index (κ3) is 4.03. The lowest BCUT2D eigenvalue weighted by molar-refractivity contribution is 0.529. The van der Waals surface area contributed by atoms with Crippen LogP contribution in [-0.4, -0.2) is 14.1 Å². The minimum absolute atomic E-state index is 0.128. The molecular weight excluding hydrogens is 333 g/mol. The smallest absolute Gasteiger partial charge is 0.127 e. The van der Waals surface area contributed by atoms with Crippen LogP contribution >= 0.6 is 15.9 Å². The van der Waals surface area contributed by atoms with E-state index in [1.807, 2.05) is 49.3 Å². The first kappa shape index (κ1) is 15.9. The van der Waals surface area contributed by atoms with Crippen LogP contribution in [0, 0.1) is 5.82 Å². The summed E-state index contributed by atoms with van der Waals surface area (Å²) in [5.74, 6) is 5.41. The highest BCUT2D eigenvalue weighted by atomic mass is 79.9. The van der Waals surface area contributed by atoms with Crippen molar-refractivity contribution in [3.05, 3.63) is 63.9 Å². The lowest BCUT2D eigenvalue weighted by atomic mass is 9.99. The standard InChI is InChI=1S/C16H19BrFN3/c1-21(2)14-7-4-11(5-8-14)16(20-19)9-12-3-6-13(17)10-15(12)18/h3-8,10,16,20H,9,19H2,1-2H3. The Morgan fingerprint density at radius 3 is 2.38 bits per heavy atom. The monoisotopic (exact) mass is 351 g/mol.